The van der Waals surface area contributed by atoms with E-state index < -0.39 is 17.6 Å². The Balaban J connectivity index is 1.67. The summed E-state index contributed by atoms with van der Waals surface area (Å²) in [6, 6.07) is 11.9. The molecule has 136 valence electrons. The standard InChI is InChI=1S/C19H14ClFN4O2/c20-14-9-13(6-7-15(14)21)24-19(27)17-5-1-4-16(25-17)18(26)23-11-12-3-2-8-22-10-12/h1-10H,11H2,(H,23,26)(H,24,27). The predicted octanol–water partition coefficient (Wildman–Crippen LogP) is 3.45. The van der Waals surface area contributed by atoms with E-state index in [0.29, 0.717) is 12.2 Å². The van der Waals surface area contributed by atoms with Crippen molar-refractivity contribution in [2.75, 3.05) is 5.32 Å². The van der Waals surface area contributed by atoms with Crippen molar-refractivity contribution in [2.24, 2.45) is 0 Å². The number of anilines is 1. The number of nitrogens with one attached hydrogen (secondary N) is 2. The lowest BCUT2D eigenvalue weighted by atomic mass is 10.2. The Hall–Kier alpha value is -3.32. The number of halogens is 2. The van der Waals surface area contributed by atoms with Gasteiger partial charge in [0.05, 0.1) is 5.02 Å². The second-order valence-electron chi connectivity index (χ2n) is 5.54. The first-order valence-corrected chi connectivity index (χ1v) is 8.31. The summed E-state index contributed by atoms with van der Waals surface area (Å²) in [5.41, 5.74) is 1.31. The third-order valence-electron chi connectivity index (χ3n) is 3.57. The molecule has 0 spiro atoms. The average Bonchev–Trinajstić information content (AvgIpc) is 2.70. The number of hydrogen-bond acceptors (Lipinski definition) is 4. The number of carbonyl (C=O) groups excluding carboxylic acids is 2. The van der Waals surface area contributed by atoms with Crippen molar-refractivity contribution in [3.8, 4) is 0 Å². The van der Waals surface area contributed by atoms with E-state index in [1.54, 1.807) is 24.5 Å². The molecule has 6 nitrogen and oxygen atoms in total. The molecule has 27 heavy (non-hydrogen) atoms. The number of rotatable bonds is 5. The molecule has 0 atom stereocenters. The van der Waals surface area contributed by atoms with Crippen LogP contribution in [0.3, 0.4) is 0 Å². The fourth-order valence-corrected chi connectivity index (χ4v) is 2.41. The maximum absolute atomic E-state index is 13.2. The minimum absolute atomic E-state index is 0.0458. The molecule has 0 aliphatic heterocycles. The largest absolute Gasteiger partial charge is 0.347 e. The SMILES string of the molecule is O=C(NCc1cccnc1)c1cccc(C(=O)Nc2ccc(F)c(Cl)c2)n1. The Morgan fingerprint density at radius 2 is 1.81 bits per heavy atom. The van der Waals surface area contributed by atoms with Gasteiger partial charge in [-0.2, -0.15) is 0 Å². The first-order valence-electron chi connectivity index (χ1n) is 7.93. The summed E-state index contributed by atoms with van der Waals surface area (Å²) in [5.74, 6) is -1.54. The zero-order valence-electron chi connectivity index (χ0n) is 13.9. The molecule has 0 aliphatic carbocycles. The molecular weight excluding hydrogens is 371 g/mol. The molecule has 0 radical (unpaired) electrons. The maximum atomic E-state index is 13.2. The van der Waals surface area contributed by atoms with Gasteiger partial charge in [-0.3, -0.25) is 14.6 Å². The van der Waals surface area contributed by atoms with E-state index in [0.717, 1.165) is 11.6 Å². The van der Waals surface area contributed by atoms with E-state index in [-0.39, 0.29) is 16.4 Å². The lowest BCUT2D eigenvalue weighted by Gasteiger charge is -2.08. The average molecular weight is 385 g/mol. The minimum atomic E-state index is -0.583. The van der Waals surface area contributed by atoms with Crippen LogP contribution in [-0.2, 0) is 6.54 Å². The Morgan fingerprint density at radius 3 is 2.52 bits per heavy atom. The third-order valence-corrected chi connectivity index (χ3v) is 3.86. The summed E-state index contributed by atoms with van der Waals surface area (Å²) in [4.78, 5) is 32.6. The lowest BCUT2D eigenvalue weighted by Crippen LogP contribution is -2.25. The Kier molecular flexibility index (Phi) is 5.73. The summed E-state index contributed by atoms with van der Waals surface area (Å²) < 4.78 is 13.2. The van der Waals surface area contributed by atoms with Gasteiger partial charge in [-0.05, 0) is 42.0 Å². The van der Waals surface area contributed by atoms with Crippen LogP contribution in [0.5, 0.6) is 0 Å². The topological polar surface area (TPSA) is 84.0 Å². The molecule has 0 unspecified atom stereocenters. The normalized spacial score (nSPS) is 10.3. The van der Waals surface area contributed by atoms with E-state index >= 15 is 0 Å². The van der Waals surface area contributed by atoms with Gasteiger partial charge in [0.25, 0.3) is 11.8 Å². The monoisotopic (exact) mass is 384 g/mol. The Bertz CT molecular complexity index is 982. The molecule has 0 aliphatic rings. The van der Waals surface area contributed by atoms with Crippen molar-refractivity contribution in [1.82, 2.24) is 15.3 Å². The van der Waals surface area contributed by atoms with Gasteiger partial charge in [-0.25, -0.2) is 9.37 Å². The third kappa shape index (κ3) is 4.86. The van der Waals surface area contributed by atoms with Gasteiger partial charge < -0.3 is 10.6 Å². The highest BCUT2D eigenvalue weighted by molar-refractivity contribution is 6.31. The van der Waals surface area contributed by atoms with Crippen LogP contribution in [0.2, 0.25) is 5.02 Å². The van der Waals surface area contributed by atoms with E-state index in [1.165, 1.54) is 24.3 Å². The van der Waals surface area contributed by atoms with Crippen molar-refractivity contribution in [2.45, 2.75) is 6.54 Å². The molecule has 0 saturated heterocycles. The van der Waals surface area contributed by atoms with Gasteiger partial charge in [0.1, 0.15) is 17.2 Å². The first-order chi connectivity index (χ1) is 13.0. The fourth-order valence-electron chi connectivity index (χ4n) is 2.23. The summed E-state index contributed by atoms with van der Waals surface area (Å²) >= 11 is 5.70. The van der Waals surface area contributed by atoms with Crippen molar-refractivity contribution in [3.05, 3.63) is 88.7 Å². The first kappa shape index (κ1) is 18.5. The van der Waals surface area contributed by atoms with Crippen molar-refractivity contribution < 1.29 is 14.0 Å². The van der Waals surface area contributed by atoms with Crippen LogP contribution in [0, 0.1) is 5.82 Å². The van der Waals surface area contributed by atoms with Crippen LogP contribution in [0.1, 0.15) is 26.5 Å². The van der Waals surface area contributed by atoms with E-state index in [9.17, 15) is 14.0 Å². The number of aromatic nitrogens is 2. The Labute approximate surface area is 159 Å². The van der Waals surface area contributed by atoms with Gasteiger partial charge in [0, 0.05) is 24.6 Å². The molecule has 2 amide bonds. The van der Waals surface area contributed by atoms with Crippen molar-refractivity contribution in [1.29, 1.82) is 0 Å². The smallest absolute Gasteiger partial charge is 0.274 e. The van der Waals surface area contributed by atoms with Gasteiger partial charge in [0.2, 0.25) is 0 Å². The molecule has 2 heterocycles. The minimum Gasteiger partial charge on any atom is -0.347 e. The molecule has 2 N–H and O–H groups in total. The second-order valence-corrected chi connectivity index (χ2v) is 5.94. The molecule has 1 aromatic carbocycles. The van der Waals surface area contributed by atoms with Crippen LogP contribution in [0.4, 0.5) is 10.1 Å². The summed E-state index contributed by atoms with van der Waals surface area (Å²) in [6.45, 7) is 0.291. The molecule has 0 fully saturated rings. The highest BCUT2D eigenvalue weighted by atomic mass is 35.5. The van der Waals surface area contributed by atoms with E-state index in [1.807, 2.05) is 6.07 Å². The number of carbonyl (C=O) groups is 2. The lowest BCUT2D eigenvalue weighted by molar-refractivity contribution is 0.0945. The van der Waals surface area contributed by atoms with Gasteiger partial charge in [0.15, 0.2) is 0 Å². The quantitative estimate of drug-likeness (QED) is 0.705. The van der Waals surface area contributed by atoms with Gasteiger partial charge >= 0.3 is 0 Å². The van der Waals surface area contributed by atoms with Gasteiger partial charge in [-0.1, -0.05) is 23.7 Å². The van der Waals surface area contributed by atoms with Crippen LogP contribution >= 0.6 is 11.6 Å². The van der Waals surface area contributed by atoms with Crippen LogP contribution in [0.25, 0.3) is 0 Å². The number of pyridine rings is 2. The van der Waals surface area contributed by atoms with E-state index in [2.05, 4.69) is 20.6 Å². The second kappa shape index (κ2) is 8.37. The number of hydrogen-bond donors (Lipinski definition) is 2. The number of benzene rings is 1. The molecule has 2 aromatic heterocycles. The van der Waals surface area contributed by atoms with Crippen molar-refractivity contribution >= 4 is 29.1 Å². The molecule has 0 saturated carbocycles. The molecule has 3 aromatic rings. The summed E-state index contributed by atoms with van der Waals surface area (Å²) in [6.07, 6.45) is 3.29. The Morgan fingerprint density at radius 1 is 1.04 bits per heavy atom. The van der Waals surface area contributed by atoms with Crippen LogP contribution in [-0.4, -0.2) is 21.8 Å². The van der Waals surface area contributed by atoms with Crippen LogP contribution in [0.15, 0.2) is 60.9 Å². The molecule has 0 bridgehead atoms. The zero-order valence-corrected chi connectivity index (χ0v) is 14.7. The highest BCUT2D eigenvalue weighted by Crippen LogP contribution is 2.19. The zero-order chi connectivity index (χ0) is 19.2. The van der Waals surface area contributed by atoms with Gasteiger partial charge in [-0.15, -0.1) is 0 Å². The highest BCUT2D eigenvalue weighted by Gasteiger charge is 2.13. The molecular formula is C19H14ClFN4O2. The summed E-state index contributed by atoms with van der Waals surface area (Å²) in [7, 11) is 0. The van der Waals surface area contributed by atoms with E-state index in [4.69, 9.17) is 11.6 Å². The molecule has 3 rings (SSSR count). The maximum Gasteiger partial charge on any atom is 0.274 e. The molecule has 8 heteroatoms. The van der Waals surface area contributed by atoms with Crippen molar-refractivity contribution in [3.63, 3.8) is 0 Å². The summed E-state index contributed by atoms with van der Waals surface area (Å²) in [5, 5.41) is 5.16. The number of nitrogens with zero attached hydrogens (tertiary/aromatic N) is 2. The predicted molar refractivity (Wildman–Crippen MR) is 99.0 cm³/mol. The van der Waals surface area contributed by atoms with Crippen LogP contribution < -0.4 is 10.6 Å². The number of amides is 2. The fraction of sp³-hybridized carbons (Fsp3) is 0.0526.